The number of nitro benzene ring substituents is 1. The van der Waals surface area contributed by atoms with Crippen molar-refractivity contribution in [2.75, 3.05) is 18.4 Å². The van der Waals surface area contributed by atoms with Crippen molar-refractivity contribution in [2.24, 2.45) is 0 Å². The van der Waals surface area contributed by atoms with Gasteiger partial charge in [0, 0.05) is 24.8 Å². The van der Waals surface area contributed by atoms with Gasteiger partial charge in [-0.15, -0.1) is 0 Å². The van der Waals surface area contributed by atoms with E-state index < -0.39 is 12.9 Å². The van der Waals surface area contributed by atoms with E-state index in [4.69, 9.17) is 4.74 Å². The van der Waals surface area contributed by atoms with Crippen LogP contribution in [0, 0.1) is 10.1 Å². The van der Waals surface area contributed by atoms with Crippen molar-refractivity contribution >= 4 is 19.3 Å². The van der Waals surface area contributed by atoms with Gasteiger partial charge in [0.25, 0.3) is 5.69 Å². The molecule has 0 spiro atoms. The van der Waals surface area contributed by atoms with Gasteiger partial charge in [-0.05, 0) is 19.9 Å². The van der Waals surface area contributed by atoms with Crippen LogP contribution in [0.4, 0.5) is 11.4 Å². The summed E-state index contributed by atoms with van der Waals surface area (Å²) >= 11 is 0. The topological polar surface area (TPSA) is 72.7 Å². The first kappa shape index (κ1) is 14.5. The number of anilines is 1. The molecule has 0 aliphatic heterocycles. The third kappa shape index (κ3) is 3.01. The van der Waals surface area contributed by atoms with Crippen molar-refractivity contribution in [1.29, 1.82) is 0 Å². The summed E-state index contributed by atoms with van der Waals surface area (Å²) in [5.41, 5.74) is 0.269. The Morgan fingerprint density at radius 2 is 2.06 bits per heavy atom. The van der Waals surface area contributed by atoms with Crippen molar-refractivity contribution in [3.63, 3.8) is 0 Å². The zero-order valence-corrected chi connectivity index (χ0v) is 11.8. The lowest BCUT2D eigenvalue weighted by Crippen LogP contribution is -2.23. The first-order valence-electron chi connectivity index (χ1n) is 5.50. The molecule has 0 amide bonds. The van der Waals surface area contributed by atoms with Gasteiger partial charge in [0.15, 0.2) is 7.95 Å². The van der Waals surface area contributed by atoms with E-state index in [9.17, 15) is 14.7 Å². The Morgan fingerprint density at radius 3 is 2.44 bits per heavy atom. The second-order valence-electron chi connectivity index (χ2n) is 4.09. The minimum Gasteiger partial charge on any atom is -0.497 e. The molecule has 1 atom stereocenters. The lowest BCUT2D eigenvalue weighted by molar-refractivity contribution is -0.384. The molecule has 0 fully saturated rings. The Hall–Kier alpha value is -1.55. The van der Waals surface area contributed by atoms with Crippen molar-refractivity contribution in [3.8, 4) is 5.75 Å². The summed E-state index contributed by atoms with van der Waals surface area (Å²) in [6.07, 6.45) is 0. The molecule has 0 bridgehead atoms. The van der Waals surface area contributed by atoms with Crippen LogP contribution in [0.15, 0.2) is 18.2 Å². The molecule has 0 aliphatic rings. The van der Waals surface area contributed by atoms with Gasteiger partial charge < -0.3 is 14.0 Å². The average Bonchev–Trinajstić information content (AvgIpc) is 2.27. The van der Waals surface area contributed by atoms with Crippen molar-refractivity contribution in [2.45, 2.75) is 19.9 Å². The van der Waals surface area contributed by atoms with Crippen LogP contribution in [-0.2, 0) is 4.57 Å². The molecule has 0 heterocycles. The number of methoxy groups -OCH3 is 1. The Kier molecular flexibility index (Phi) is 4.73. The normalized spacial score (nSPS) is 12.3. The molecule has 1 aromatic rings. The molecular weight excluding hydrogens is 255 g/mol. The van der Waals surface area contributed by atoms with Crippen molar-refractivity contribution < 1.29 is 14.2 Å². The molecule has 6 nitrogen and oxygen atoms in total. The molecule has 0 saturated heterocycles. The van der Waals surface area contributed by atoms with Crippen LogP contribution in [0.1, 0.15) is 13.8 Å². The van der Waals surface area contributed by atoms with E-state index in [1.165, 1.54) is 19.2 Å². The Balaban J connectivity index is 3.41. The molecule has 0 N–H and O–H groups in total. The number of nitrogens with zero attached hydrogens (tertiary/aromatic N) is 2. The number of benzene rings is 1. The fourth-order valence-corrected chi connectivity index (χ4v) is 3.03. The predicted molar refractivity (Wildman–Crippen MR) is 72.2 cm³/mol. The quantitative estimate of drug-likeness (QED) is 0.468. The van der Waals surface area contributed by atoms with E-state index in [1.54, 1.807) is 17.4 Å². The van der Waals surface area contributed by atoms with Crippen molar-refractivity contribution in [3.05, 3.63) is 28.3 Å². The smallest absolute Gasteiger partial charge is 0.293 e. The molecule has 18 heavy (non-hydrogen) atoms. The number of nitro groups is 1. The molecule has 0 radical (unpaired) electrons. The SMILES string of the molecule is COc1ccc([N+](=O)[O-])c(N(C(C)C)[PH](C)=O)c1. The molecule has 7 heteroatoms. The molecule has 0 aromatic heterocycles. The van der Waals surface area contributed by atoms with Gasteiger partial charge in [-0.25, -0.2) is 0 Å². The zero-order chi connectivity index (χ0) is 13.9. The molecule has 0 aliphatic carbocycles. The van der Waals surface area contributed by atoms with E-state index in [1.807, 2.05) is 13.8 Å². The summed E-state index contributed by atoms with van der Waals surface area (Å²) < 4.78 is 18.4. The monoisotopic (exact) mass is 272 g/mol. The second-order valence-corrected chi connectivity index (χ2v) is 5.61. The number of rotatable bonds is 5. The van der Waals surface area contributed by atoms with Crippen LogP contribution in [0.5, 0.6) is 5.75 Å². The van der Waals surface area contributed by atoms with Crippen LogP contribution in [0.25, 0.3) is 0 Å². The summed E-state index contributed by atoms with van der Waals surface area (Å²) in [7, 11) is -0.595. The fourth-order valence-electron chi connectivity index (χ4n) is 1.79. The highest BCUT2D eigenvalue weighted by Gasteiger charge is 2.24. The number of hydrogen-bond acceptors (Lipinski definition) is 4. The van der Waals surface area contributed by atoms with Crippen LogP contribution in [0.2, 0.25) is 0 Å². The van der Waals surface area contributed by atoms with Gasteiger partial charge in [-0.3, -0.25) is 10.1 Å². The van der Waals surface area contributed by atoms with Gasteiger partial charge in [-0.1, -0.05) is 0 Å². The van der Waals surface area contributed by atoms with Crippen molar-refractivity contribution in [1.82, 2.24) is 0 Å². The summed E-state index contributed by atoms with van der Waals surface area (Å²) in [4.78, 5) is 10.5. The second kappa shape index (κ2) is 5.87. The molecular formula is C11H17N2O4P. The maximum absolute atomic E-state index is 11.8. The van der Waals surface area contributed by atoms with Crippen LogP contribution >= 0.6 is 7.95 Å². The van der Waals surface area contributed by atoms with Gasteiger partial charge in [0.1, 0.15) is 11.4 Å². The fraction of sp³-hybridized carbons (Fsp3) is 0.455. The first-order chi connectivity index (χ1) is 8.38. The molecule has 0 saturated carbocycles. The summed E-state index contributed by atoms with van der Waals surface area (Å²) in [6.45, 7) is 5.25. The van der Waals surface area contributed by atoms with Gasteiger partial charge in [0.2, 0.25) is 0 Å². The van der Waals surface area contributed by atoms with E-state index in [2.05, 4.69) is 0 Å². The lowest BCUT2D eigenvalue weighted by Gasteiger charge is -2.26. The number of ether oxygens (including phenoxy) is 1. The standard InChI is InChI=1S/C11H17N2O4P/c1-8(2)12(18(4)16)11-7-9(17-3)5-6-10(11)13(14)15/h5-8,18H,1-4H3. The first-order valence-corrected chi connectivity index (χ1v) is 7.36. The predicted octanol–water partition coefficient (Wildman–Crippen LogP) is 2.92. The maximum Gasteiger partial charge on any atom is 0.293 e. The van der Waals surface area contributed by atoms with E-state index in [0.29, 0.717) is 11.4 Å². The third-order valence-electron chi connectivity index (χ3n) is 2.49. The Morgan fingerprint density at radius 1 is 1.44 bits per heavy atom. The largest absolute Gasteiger partial charge is 0.497 e. The molecule has 1 aromatic carbocycles. The summed E-state index contributed by atoms with van der Waals surface area (Å²) in [5.74, 6) is 0.504. The Labute approximate surface area is 107 Å². The van der Waals surface area contributed by atoms with E-state index >= 15 is 0 Å². The summed E-state index contributed by atoms with van der Waals surface area (Å²) in [6, 6.07) is 4.35. The van der Waals surface area contributed by atoms with Crippen LogP contribution < -0.4 is 9.41 Å². The van der Waals surface area contributed by atoms with E-state index in [-0.39, 0.29) is 11.7 Å². The highest BCUT2D eigenvalue weighted by atomic mass is 31.1. The number of hydrogen-bond donors (Lipinski definition) is 0. The summed E-state index contributed by atoms with van der Waals surface area (Å²) in [5, 5.41) is 11.0. The van der Waals surface area contributed by atoms with E-state index in [0.717, 1.165) is 0 Å². The van der Waals surface area contributed by atoms with Gasteiger partial charge >= 0.3 is 0 Å². The minimum atomic E-state index is -2.08. The maximum atomic E-state index is 11.8. The zero-order valence-electron chi connectivity index (χ0n) is 10.8. The highest BCUT2D eigenvalue weighted by Crippen LogP contribution is 2.40. The molecule has 1 rings (SSSR count). The third-order valence-corrected chi connectivity index (χ3v) is 3.93. The molecule has 1 unspecified atom stereocenters. The molecule has 100 valence electrons. The Bertz CT molecular complexity index is 476. The van der Waals surface area contributed by atoms with Gasteiger partial charge in [-0.2, -0.15) is 0 Å². The highest BCUT2D eigenvalue weighted by molar-refractivity contribution is 7.45. The average molecular weight is 272 g/mol. The minimum absolute atomic E-state index is 0.0651. The lowest BCUT2D eigenvalue weighted by atomic mass is 10.2. The van der Waals surface area contributed by atoms with Crippen LogP contribution in [-0.4, -0.2) is 24.7 Å². The van der Waals surface area contributed by atoms with Crippen LogP contribution in [0.3, 0.4) is 0 Å². The van der Waals surface area contributed by atoms with Gasteiger partial charge in [0.05, 0.1) is 12.0 Å².